The molecule has 1 aliphatic heterocycles. The van der Waals surface area contributed by atoms with Crippen LogP contribution in [0, 0.1) is 5.92 Å². The second kappa shape index (κ2) is 5.31. The highest BCUT2D eigenvalue weighted by molar-refractivity contribution is 5.95. The molecule has 1 amide bonds. The second-order valence-electron chi connectivity index (χ2n) is 4.88. The molecule has 8 heteroatoms. The average Bonchev–Trinajstić information content (AvgIpc) is 3.18. The van der Waals surface area contributed by atoms with E-state index in [0.29, 0.717) is 18.5 Å². The Hall–Kier alpha value is -2.77. The first-order valence-corrected chi connectivity index (χ1v) is 6.50. The topological polar surface area (TPSA) is 101 Å². The van der Waals surface area contributed by atoms with Gasteiger partial charge in [0.15, 0.2) is 0 Å². The fourth-order valence-corrected chi connectivity index (χ4v) is 2.37. The first kappa shape index (κ1) is 13.2. The summed E-state index contributed by atoms with van der Waals surface area (Å²) in [5.41, 5.74) is 1.28. The molecule has 1 atom stereocenters. The molecule has 1 aromatic heterocycles. The monoisotopic (exact) mass is 287 g/mol. The number of carboxylic acids is 1. The Balaban J connectivity index is 1.72. The maximum absolute atomic E-state index is 12.3. The highest BCUT2D eigenvalue weighted by Crippen LogP contribution is 2.19. The van der Waals surface area contributed by atoms with Crippen LogP contribution in [0.4, 0.5) is 0 Å². The average molecular weight is 287 g/mol. The van der Waals surface area contributed by atoms with Crippen molar-refractivity contribution in [2.24, 2.45) is 5.92 Å². The largest absolute Gasteiger partial charge is 0.481 e. The minimum absolute atomic E-state index is 0.151. The lowest BCUT2D eigenvalue weighted by atomic mass is 10.1. The number of aromatic nitrogens is 4. The predicted molar refractivity (Wildman–Crippen MR) is 70.8 cm³/mol. The Bertz CT molecular complexity index is 653. The van der Waals surface area contributed by atoms with Gasteiger partial charge in [-0.1, -0.05) is 0 Å². The number of tetrazole rings is 1. The molecule has 0 aliphatic carbocycles. The van der Waals surface area contributed by atoms with Crippen molar-refractivity contribution in [1.29, 1.82) is 0 Å². The van der Waals surface area contributed by atoms with Gasteiger partial charge in [0.25, 0.3) is 5.91 Å². The van der Waals surface area contributed by atoms with Gasteiger partial charge in [-0.3, -0.25) is 9.59 Å². The molecule has 0 spiro atoms. The number of aliphatic carboxylic acids is 1. The van der Waals surface area contributed by atoms with Gasteiger partial charge in [-0.2, -0.15) is 0 Å². The summed E-state index contributed by atoms with van der Waals surface area (Å²) in [6.07, 6.45) is 1.97. The Labute approximate surface area is 120 Å². The van der Waals surface area contributed by atoms with Gasteiger partial charge in [-0.15, -0.1) is 5.10 Å². The Morgan fingerprint density at radius 3 is 2.57 bits per heavy atom. The van der Waals surface area contributed by atoms with Crippen LogP contribution < -0.4 is 0 Å². The van der Waals surface area contributed by atoms with E-state index in [4.69, 9.17) is 5.11 Å². The summed E-state index contributed by atoms with van der Waals surface area (Å²) in [7, 11) is 0. The van der Waals surface area contributed by atoms with E-state index in [1.54, 1.807) is 29.2 Å². The van der Waals surface area contributed by atoms with Crippen LogP contribution >= 0.6 is 0 Å². The third kappa shape index (κ3) is 2.60. The second-order valence-corrected chi connectivity index (χ2v) is 4.88. The maximum atomic E-state index is 12.3. The quantitative estimate of drug-likeness (QED) is 0.866. The number of nitrogens with zero attached hydrogens (tertiary/aromatic N) is 5. The Morgan fingerprint density at radius 2 is 2.00 bits per heavy atom. The maximum Gasteiger partial charge on any atom is 0.308 e. The molecule has 0 saturated carbocycles. The lowest BCUT2D eigenvalue weighted by Crippen LogP contribution is -2.29. The number of rotatable bonds is 3. The standard InChI is InChI=1S/C13H13N5O3/c19-12(17-6-5-10(7-17)13(20)21)9-1-3-11(4-2-9)18-8-14-15-16-18/h1-4,8,10H,5-7H2,(H,20,21)/t10-/m0/s1. The molecule has 0 radical (unpaired) electrons. The molecular weight excluding hydrogens is 274 g/mol. The van der Waals surface area contributed by atoms with Gasteiger partial charge in [0.1, 0.15) is 6.33 Å². The molecule has 1 N–H and O–H groups in total. The van der Waals surface area contributed by atoms with Crippen molar-refractivity contribution in [2.75, 3.05) is 13.1 Å². The molecular formula is C13H13N5O3. The summed E-state index contributed by atoms with van der Waals surface area (Å²) < 4.78 is 1.49. The first-order chi connectivity index (χ1) is 10.1. The minimum Gasteiger partial charge on any atom is -0.481 e. The Kier molecular flexibility index (Phi) is 3.35. The zero-order valence-electron chi connectivity index (χ0n) is 11.1. The molecule has 21 heavy (non-hydrogen) atoms. The molecule has 1 aromatic carbocycles. The van der Waals surface area contributed by atoms with E-state index >= 15 is 0 Å². The molecule has 2 heterocycles. The molecule has 3 rings (SSSR count). The summed E-state index contributed by atoms with van der Waals surface area (Å²) in [6, 6.07) is 6.86. The van der Waals surface area contributed by atoms with Crippen molar-refractivity contribution in [3.05, 3.63) is 36.2 Å². The zero-order valence-corrected chi connectivity index (χ0v) is 11.1. The first-order valence-electron chi connectivity index (χ1n) is 6.50. The summed E-state index contributed by atoms with van der Waals surface area (Å²) in [4.78, 5) is 24.8. The normalized spacial score (nSPS) is 17.9. The lowest BCUT2D eigenvalue weighted by molar-refractivity contribution is -0.141. The van der Waals surface area contributed by atoms with Crippen LogP contribution in [0.3, 0.4) is 0 Å². The minimum atomic E-state index is -0.848. The molecule has 0 bridgehead atoms. The summed E-state index contributed by atoms with van der Waals surface area (Å²) in [6.45, 7) is 0.744. The van der Waals surface area contributed by atoms with E-state index in [0.717, 1.165) is 5.69 Å². The Morgan fingerprint density at radius 1 is 1.24 bits per heavy atom. The number of carbonyl (C=O) groups excluding carboxylic acids is 1. The third-order valence-corrected chi connectivity index (χ3v) is 3.55. The summed E-state index contributed by atoms with van der Waals surface area (Å²) >= 11 is 0. The number of carboxylic acid groups (broad SMARTS) is 1. The number of carbonyl (C=O) groups is 2. The molecule has 1 aliphatic rings. The van der Waals surface area contributed by atoms with Crippen LogP contribution in [0.25, 0.3) is 5.69 Å². The summed E-state index contributed by atoms with van der Waals surface area (Å²) in [5, 5.41) is 19.8. The van der Waals surface area contributed by atoms with E-state index in [1.165, 1.54) is 11.0 Å². The van der Waals surface area contributed by atoms with Gasteiger partial charge >= 0.3 is 5.97 Å². The fraction of sp³-hybridized carbons (Fsp3) is 0.308. The molecule has 2 aromatic rings. The van der Waals surface area contributed by atoms with Crippen molar-refractivity contribution in [1.82, 2.24) is 25.1 Å². The van der Waals surface area contributed by atoms with E-state index in [2.05, 4.69) is 15.5 Å². The van der Waals surface area contributed by atoms with E-state index < -0.39 is 11.9 Å². The van der Waals surface area contributed by atoms with Gasteiger partial charge in [0, 0.05) is 18.7 Å². The van der Waals surface area contributed by atoms with Gasteiger partial charge in [0.2, 0.25) is 0 Å². The van der Waals surface area contributed by atoms with Gasteiger partial charge in [0.05, 0.1) is 11.6 Å². The molecule has 108 valence electrons. The fourth-order valence-electron chi connectivity index (χ4n) is 2.37. The molecule has 1 fully saturated rings. The smallest absolute Gasteiger partial charge is 0.308 e. The number of amides is 1. The molecule has 1 saturated heterocycles. The van der Waals surface area contributed by atoms with E-state index in [-0.39, 0.29) is 12.5 Å². The third-order valence-electron chi connectivity index (χ3n) is 3.55. The van der Waals surface area contributed by atoms with Crippen LogP contribution in [-0.2, 0) is 4.79 Å². The predicted octanol–water partition coefficient (Wildman–Crippen LogP) is 0.209. The number of hydrogen-bond donors (Lipinski definition) is 1. The summed E-state index contributed by atoms with van der Waals surface area (Å²) in [5.74, 6) is -1.46. The number of hydrogen-bond acceptors (Lipinski definition) is 5. The molecule has 8 nitrogen and oxygen atoms in total. The van der Waals surface area contributed by atoms with Crippen molar-refractivity contribution < 1.29 is 14.7 Å². The van der Waals surface area contributed by atoms with Crippen LogP contribution in [-0.4, -0.2) is 55.2 Å². The lowest BCUT2D eigenvalue weighted by Gasteiger charge is -2.15. The van der Waals surface area contributed by atoms with Crippen molar-refractivity contribution >= 4 is 11.9 Å². The number of benzene rings is 1. The highest BCUT2D eigenvalue weighted by Gasteiger charge is 2.31. The van der Waals surface area contributed by atoms with Crippen molar-refractivity contribution in [2.45, 2.75) is 6.42 Å². The number of likely N-dealkylation sites (tertiary alicyclic amines) is 1. The van der Waals surface area contributed by atoms with E-state index in [9.17, 15) is 9.59 Å². The van der Waals surface area contributed by atoms with Crippen LogP contribution in [0.15, 0.2) is 30.6 Å². The van der Waals surface area contributed by atoms with Crippen LogP contribution in [0.1, 0.15) is 16.8 Å². The van der Waals surface area contributed by atoms with Gasteiger partial charge in [-0.05, 0) is 41.1 Å². The van der Waals surface area contributed by atoms with Crippen LogP contribution in [0.2, 0.25) is 0 Å². The molecule has 0 unspecified atom stereocenters. The van der Waals surface area contributed by atoms with Gasteiger partial charge < -0.3 is 10.0 Å². The van der Waals surface area contributed by atoms with Crippen LogP contribution in [0.5, 0.6) is 0 Å². The zero-order chi connectivity index (χ0) is 14.8. The highest BCUT2D eigenvalue weighted by atomic mass is 16.4. The van der Waals surface area contributed by atoms with Crippen molar-refractivity contribution in [3.63, 3.8) is 0 Å². The van der Waals surface area contributed by atoms with Crippen molar-refractivity contribution in [3.8, 4) is 5.69 Å². The van der Waals surface area contributed by atoms with Gasteiger partial charge in [-0.25, -0.2) is 4.68 Å². The SMILES string of the molecule is O=C(O)[C@H]1CCN(C(=O)c2ccc(-n3cnnn3)cc2)C1. The van der Waals surface area contributed by atoms with E-state index in [1.807, 2.05) is 0 Å².